The normalized spacial score (nSPS) is 18.0. The van der Waals surface area contributed by atoms with Gasteiger partial charge in [-0.05, 0) is 56.9 Å². The zero-order valence-corrected chi connectivity index (χ0v) is 12.6. The van der Waals surface area contributed by atoms with Gasteiger partial charge in [0.15, 0.2) is 0 Å². The monoisotopic (exact) mass is 263 g/mol. The molecule has 2 rings (SSSR count). The molecule has 1 saturated heterocycles. The third kappa shape index (κ3) is 4.36. The predicted octanol–water partition coefficient (Wildman–Crippen LogP) is 3.03. The molecule has 0 aromatic carbocycles. The van der Waals surface area contributed by atoms with E-state index in [4.69, 9.17) is 0 Å². The highest BCUT2D eigenvalue weighted by atomic mass is 15.2. The molecule has 0 saturated carbocycles. The summed E-state index contributed by atoms with van der Waals surface area (Å²) in [5.41, 5.74) is 1.44. The molecule has 1 aliphatic heterocycles. The molecule has 3 nitrogen and oxygen atoms in total. The highest BCUT2D eigenvalue weighted by Gasteiger charge is 2.12. The number of hydrogen-bond donors (Lipinski definition) is 1. The summed E-state index contributed by atoms with van der Waals surface area (Å²) >= 11 is 0. The van der Waals surface area contributed by atoms with Crippen LogP contribution in [0.3, 0.4) is 0 Å². The summed E-state index contributed by atoms with van der Waals surface area (Å²) in [7, 11) is 0. The molecule has 1 fully saturated rings. The first-order chi connectivity index (χ1) is 9.33. The van der Waals surface area contributed by atoms with Crippen LogP contribution in [-0.4, -0.2) is 35.6 Å². The largest absolute Gasteiger partial charge is 0.353 e. The lowest BCUT2D eigenvalue weighted by Crippen LogP contribution is -2.24. The van der Waals surface area contributed by atoms with Gasteiger partial charge in [0.1, 0.15) is 0 Å². The number of nitrogens with one attached hydrogen (secondary N) is 1. The fourth-order valence-electron chi connectivity index (χ4n) is 2.88. The van der Waals surface area contributed by atoms with Crippen LogP contribution >= 0.6 is 0 Å². The molecule has 0 bridgehead atoms. The van der Waals surface area contributed by atoms with Crippen LogP contribution in [0.4, 0.5) is 0 Å². The van der Waals surface area contributed by atoms with E-state index in [9.17, 15) is 0 Å². The van der Waals surface area contributed by atoms with Gasteiger partial charge in [-0.15, -0.1) is 0 Å². The van der Waals surface area contributed by atoms with Crippen molar-refractivity contribution in [2.24, 2.45) is 0 Å². The molecule has 1 N–H and O–H groups in total. The SMILES string of the molecule is CCCNC(CC)c1ccn(CCN2CCCC2)c1. The van der Waals surface area contributed by atoms with Crippen molar-refractivity contribution in [2.75, 3.05) is 26.2 Å². The Bertz CT molecular complexity index is 353. The Balaban J connectivity index is 1.82. The minimum atomic E-state index is 0.521. The van der Waals surface area contributed by atoms with Gasteiger partial charge in [-0.3, -0.25) is 0 Å². The molecule has 1 aromatic rings. The van der Waals surface area contributed by atoms with Gasteiger partial charge < -0.3 is 14.8 Å². The van der Waals surface area contributed by atoms with Crippen molar-refractivity contribution in [2.45, 2.75) is 52.1 Å². The summed E-state index contributed by atoms with van der Waals surface area (Å²) in [6, 6.07) is 2.80. The Kier molecular flexibility index (Phi) is 5.93. The zero-order valence-electron chi connectivity index (χ0n) is 12.6. The van der Waals surface area contributed by atoms with Gasteiger partial charge in [0, 0.05) is 31.5 Å². The number of hydrogen-bond acceptors (Lipinski definition) is 2. The Morgan fingerprint density at radius 3 is 2.68 bits per heavy atom. The number of rotatable bonds is 8. The van der Waals surface area contributed by atoms with E-state index in [0.29, 0.717) is 6.04 Å². The van der Waals surface area contributed by atoms with Crippen LogP contribution in [0.1, 0.15) is 51.1 Å². The molecule has 0 spiro atoms. The van der Waals surface area contributed by atoms with Crippen LogP contribution in [0.5, 0.6) is 0 Å². The lowest BCUT2D eigenvalue weighted by molar-refractivity contribution is 0.322. The maximum atomic E-state index is 3.62. The van der Waals surface area contributed by atoms with Crippen LogP contribution < -0.4 is 5.32 Å². The molecule has 0 aliphatic carbocycles. The van der Waals surface area contributed by atoms with Gasteiger partial charge in [0.2, 0.25) is 0 Å². The van der Waals surface area contributed by atoms with Crippen molar-refractivity contribution in [1.82, 2.24) is 14.8 Å². The second kappa shape index (κ2) is 7.71. The van der Waals surface area contributed by atoms with E-state index in [1.807, 2.05) is 0 Å². The molecule has 1 aliphatic rings. The summed E-state index contributed by atoms with van der Waals surface area (Å²) in [6.45, 7) is 10.5. The molecule has 0 radical (unpaired) electrons. The average molecular weight is 263 g/mol. The third-order valence-corrected chi connectivity index (χ3v) is 4.10. The van der Waals surface area contributed by atoms with Crippen molar-refractivity contribution in [3.8, 4) is 0 Å². The number of nitrogens with zero attached hydrogens (tertiary/aromatic N) is 2. The van der Waals surface area contributed by atoms with Crippen LogP contribution in [0.25, 0.3) is 0 Å². The topological polar surface area (TPSA) is 20.2 Å². The second-order valence-corrected chi connectivity index (χ2v) is 5.65. The maximum Gasteiger partial charge on any atom is 0.0347 e. The smallest absolute Gasteiger partial charge is 0.0347 e. The first kappa shape index (κ1) is 14.6. The molecule has 0 amide bonds. The van der Waals surface area contributed by atoms with Gasteiger partial charge in [-0.25, -0.2) is 0 Å². The van der Waals surface area contributed by atoms with Crippen LogP contribution in [0.15, 0.2) is 18.5 Å². The molecular formula is C16H29N3. The van der Waals surface area contributed by atoms with Gasteiger partial charge in [-0.2, -0.15) is 0 Å². The lowest BCUT2D eigenvalue weighted by atomic mass is 10.1. The van der Waals surface area contributed by atoms with E-state index in [1.165, 1.54) is 44.5 Å². The standard InChI is InChI=1S/C16H29N3/c1-3-8-17-16(4-2)15-7-11-19(14-15)13-12-18-9-5-6-10-18/h7,11,14,16-17H,3-6,8-10,12-13H2,1-2H3. The quantitative estimate of drug-likeness (QED) is 0.778. The second-order valence-electron chi connectivity index (χ2n) is 5.65. The van der Waals surface area contributed by atoms with E-state index < -0.39 is 0 Å². The minimum absolute atomic E-state index is 0.521. The van der Waals surface area contributed by atoms with E-state index in [1.54, 1.807) is 0 Å². The molecular weight excluding hydrogens is 234 g/mol. The first-order valence-corrected chi connectivity index (χ1v) is 7.95. The van der Waals surface area contributed by atoms with E-state index >= 15 is 0 Å². The number of likely N-dealkylation sites (tertiary alicyclic amines) is 1. The van der Waals surface area contributed by atoms with E-state index in [-0.39, 0.29) is 0 Å². The van der Waals surface area contributed by atoms with Crippen LogP contribution in [-0.2, 0) is 6.54 Å². The summed E-state index contributed by atoms with van der Waals surface area (Å²) in [5.74, 6) is 0. The summed E-state index contributed by atoms with van der Waals surface area (Å²) in [5, 5.41) is 3.62. The first-order valence-electron chi connectivity index (χ1n) is 7.95. The summed E-state index contributed by atoms with van der Waals surface area (Å²) < 4.78 is 2.35. The highest BCUT2D eigenvalue weighted by molar-refractivity contribution is 5.15. The zero-order chi connectivity index (χ0) is 13.5. The van der Waals surface area contributed by atoms with Crippen LogP contribution in [0, 0.1) is 0 Å². The molecule has 19 heavy (non-hydrogen) atoms. The average Bonchev–Trinajstić information content (AvgIpc) is 3.09. The molecule has 1 aromatic heterocycles. The Morgan fingerprint density at radius 2 is 2.00 bits per heavy atom. The van der Waals surface area contributed by atoms with Crippen molar-refractivity contribution >= 4 is 0 Å². The Labute approximate surface area is 118 Å². The van der Waals surface area contributed by atoms with Gasteiger partial charge >= 0.3 is 0 Å². The van der Waals surface area contributed by atoms with Gasteiger partial charge in [0.25, 0.3) is 0 Å². The van der Waals surface area contributed by atoms with Crippen molar-refractivity contribution in [3.05, 3.63) is 24.0 Å². The summed E-state index contributed by atoms with van der Waals surface area (Å²) in [4.78, 5) is 2.58. The van der Waals surface area contributed by atoms with Crippen molar-refractivity contribution in [1.29, 1.82) is 0 Å². The van der Waals surface area contributed by atoms with Gasteiger partial charge in [-0.1, -0.05) is 13.8 Å². The number of aromatic nitrogens is 1. The fraction of sp³-hybridized carbons (Fsp3) is 0.750. The molecule has 2 heterocycles. The molecule has 1 atom stereocenters. The van der Waals surface area contributed by atoms with Gasteiger partial charge in [0.05, 0.1) is 0 Å². The Hall–Kier alpha value is -0.800. The van der Waals surface area contributed by atoms with Crippen molar-refractivity contribution in [3.63, 3.8) is 0 Å². The molecule has 1 unspecified atom stereocenters. The van der Waals surface area contributed by atoms with E-state index in [0.717, 1.165) is 19.5 Å². The maximum absolute atomic E-state index is 3.62. The summed E-state index contributed by atoms with van der Waals surface area (Å²) in [6.07, 6.45) is 9.70. The molecule has 3 heteroatoms. The van der Waals surface area contributed by atoms with Crippen LogP contribution in [0.2, 0.25) is 0 Å². The fourth-order valence-corrected chi connectivity index (χ4v) is 2.88. The predicted molar refractivity (Wildman–Crippen MR) is 81.4 cm³/mol. The highest BCUT2D eigenvalue weighted by Crippen LogP contribution is 2.17. The van der Waals surface area contributed by atoms with E-state index in [2.05, 4.69) is 47.1 Å². The minimum Gasteiger partial charge on any atom is -0.353 e. The lowest BCUT2D eigenvalue weighted by Gasteiger charge is -2.16. The van der Waals surface area contributed by atoms with Crippen molar-refractivity contribution < 1.29 is 0 Å². The Morgan fingerprint density at radius 1 is 1.21 bits per heavy atom. The molecule has 108 valence electrons. The third-order valence-electron chi connectivity index (χ3n) is 4.10.